The summed E-state index contributed by atoms with van der Waals surface area (Å²) in [7, 11) is 0. The molecule has 1 unspecified atom stereocenters. The highest BCUT2D eigenvalue weighted by Crippen LogP contribution is 2.21. The summed E-state index contributed by atoms with van der Waals surface area (Å²) >= 11 is 0. The molecule has 0 spiro atoms. The predicted molar refractivity (Wildman–Crippen MR) is 69.6 cm³/mol. The van der Waals surface area contributed by atoms with Crippen molar-refractivity contribution in [2.24, 2.45) is 0 Å². The van der Waals surface area contributed by atoms with Crippen molar-refractivity contribution in [1.29, 1.82) is 0 Å². The summed E-state index contributed by atoms with van der Waals surface area (Å²) in [5, 5.41) is 14.6. The molecule has 1 heterocycles. The van der Waals surface area contributed by atoms with Gasteiger partial charge in [-0.25, -0.2) is 9.59 Å². The van der Waals surface area contributed by atoms with Gasteiger partial charge in [0.25, 0.3) is 0 Å². The minimum Gasteiger partial charge on any atom is -0.480 e. The molecule has 1 aliphatic heterocycles. The zero-order valence-corrected chi connectivity index (χ0v) is 11.1. The van der Waals surface area contributed by atoms with Crippen LogP contribution >= 0.6 is 0 Å². The van der Waals surface area contributed by atoms with Gasteiger partial charge in [-0.05, 0) is 6.42 Å². The average Bonchev–Trinajstić information content (AvgIpc) is 2.39. The minimum atomic E-state index is -1.24. The zero-order chi connectivity index (χ0) is 14.3. The van der Waals surface area contributed by atoms with Gasteiger partial charge in [0.1, 0.15) is 5.54 Å². The van der Waals surface area contributed by atoms with Crippen LogP contribution in [0.2, 0.25) is 0 Å². The molecule has 6 heteroatoms. The van der Waals surface area contributed by atoms with E-state index >= 15 is 0 Å². The van der Waals surface area contributed by atoms with Gasteiger partial charge in [0.2, 0.25) is 0 Å². The Morgan fingerprint density at radius 1 is 1.47 bits per heavy atom. The minimum absolute atomic E-state index is 0.143. The normalized spacial score (nSPS) is 18.9. The number of urea groups is 1. The summed E-state index contributed by atoms with van der Waals surface area (Å²) < 4.78 is 5.14. The molecule has 106 valence electrons. The largest absolute Gasteiger partial charge is 0.480 e. The van der Waals surface area contributed by atoms with Gasteiger partial charge in [0.15, 0.2) is 0 Å². The third-order valence-corrected chi connectivity index (χ3v) is 3.30. The Morgan fingerprint density at radius 3 is 2.58 bits per heavy atom. The quantitative estimate of drug-likeness (QED) is 0.641. The summed E-state index contributed by atoms with van der Waals surface area (Å²) in [4.78, 5) is 23.2. The van der Waals surface area contributed by atoms with E-state index in [1.165, 1.54) is 0 Å². The first-order valence-corrected chi connectivity index (χ1v) is 6.37. The number of carboxylic acids is 1. The molecular formula is C13H20N2O4. The van der Waals surface area contributed by atoms with Crippen molar-refractivity contribution in [3.8, 4) is 12.3 Å². The molecule has 0 aromatic carbocycles. The van der Waals surface area contributed by atoms with Gasteiger partial charge in [0, 0.05) is 38.5 Å². The van der Waals surface area contributed by atoms with Crippen molar-refractivity contribution < 1.29 is 19.4 Å². The van der Waals surface area contributed by atoms with Crippen LogP contribution in [0.1, 0.15) is 32.6 Å². The lowest BCUT2D eigenvalue weighted by atomic mass is 9.90. The molecule has 1 rings (SSSR count). The number of terminal acetylenes is 1. The van der Waals surface area contributed by atoms with Crippen molar-refractivity contribution in [2.75, 3.05) is 13.2 Å². The number of rotatable bonds is 5. The van der Waals surface area contributed by atoms with Crippen LogP contribution in [0.5, 0.6) is 0 Å². The Balaban J connectivity index is 2.62. The highest BCUT2D eigenvalue weighted by atomic mass is 16.5. The van der Waals surface area contributed by atoms with Crippen molar-refractivity contribution in [1.82, 2.24) is 10.6 Å². The number of hydrogen-bond donors (Lipinski definition) is 3. The number of amides is 2. The van der Waals surface area contributed by atoms with Crippen LogP contribution in [0.25, 0.3) is 0 Å². The Morgan fingerprint density at radius 2 is 2.11 bits per heavy atom. The van der Waals surface area contributed by atoms with Crippen LogP contribution in [0.3, 0.4) is 0 Å². The second-order valence-corrected chi connectivity index (χ2v) is 4.61. The van der Waals surface area contributed by atoms with Crippen molar-refractivity contribution in [3.63, 3.8) is 0 Å². The van der Waals surface area contributed by atoms with Crippen LogP contribution < -0.4 is 10.6 Å². The number of carbonyl (C=O) groups excluding carboxylic acids is 1. The van der Waals surface area contributed by atoms with E-state index in [1.54, 1.807) is 0 Å². The highest BCUT2D eigenvalue weighted by molar-refractivity contribution is 5.86. The lowest BCUT2D eigenvalue weighted by Gasteiger charge is -2.34. The van der Waals surface area contributed by atoms with E-state index in [2.05, 4.69) is 16.6 Å². The fourth-order valence-corrected chi connectivity index (χ4v) is 1.99. The Kier molecular flexibility index (Phi) is 5.64. The maximum Gasteiger partial charge on any atom is 0.329 e. The Hall–Kier alpha value is -1.74. The second kappa shape index (κ2) is 7.00. The first kappa shape index (κ1) is 15.3. The van der Waals surface area contributed by atoms with E-state index in [-0.39, 0.29) is 18.9 Å². The average molecular weight is 268 g/mol. The van der Waals surface area contributed by atoms with Crippen LogP contribution in [0.4, 0.5) is 4.79 Å². The first-order valence-electron chi connectivity index (χ1n) is 6.37. The first-order chi connectivity index (χ1) is 9.04. The summed E-state index contributed by atoms with van der Waals surface area (Å²) in [5.74, 6) is 1.45. The molecule has 19 heavy (non-hydrogen) atoms. The lowest BCUT2D eigenvalue weighted by Crippen LogP contribution is -2.60. The monoisotopic (exact) mass is 268 g/mol. The number of carboxylic acid groups (broad SMARTS) is 1. The molecular weight excluding hydrogens is 248 g/mol. The van der Waals surface area contributed by atoms with E-state index in [0.717, 1.165) is 0 Å². The van der Waals surface area contributed by atoms with E-state index in [1.807, 2.05) is 6.92 Å². The van der Waals surface area contributed by atoms with Crippen LogP contribution in [0.15, 0.2) is 0 Å². The SMILES string of the molecule is C#CCC(CC)NC(=O)NC1(C(=O)O)CCOCC1. The maximum absolute atomic E-state index is 11.9. The number of nitrogens with one attached hydrogen (secondary N) is 2. The molecule has 0 saturated carbocycles. The molecule has 0 radical (unpaired) electrons. The molecule has 1 fully saturated rings. The maximum atomic E-state index is 11.9. The second-order valence-electron chi connectivity index (χ2n) is 4.61. The van der Waals surface area contributed by atoms with Crippen molar-refractivity contribution in [3.05, 3.63) is 0 Å². The summed E-state index contributed by atoms with van der Waals surface area (Å²) in [6, 6.07) is -0.637. The van der Waals surface area contributed by atoms with E-state index in [9.17, 15) is 14.7 Å². The topological polar surface area (TPSA) is 87.7 Å². The third kappa shape index (κ3) is 4.14. The fraction of sp³-hybridized carbons (Fsp3) is 0.692. The molecule has 0 bridgehead atoms. The number of carbonyl (C=O) groups is 2. The molecule has 1 atom stereocenters. The predicted octanol–water partition coefficient (Wildman–Crippen LogP) is 0.721. The summed E-state index contributed by atoms with van der Waals surface area (Å²) in [5.41, 5.74) is -1.24. The molecule has 1 aliphatic rings. The van der Waals surface area contributed by atoms with Gasteiger partial charge in [-0.3, -0.25) is 0 Å². The number of aliphatic carboxylic acids is 1. The van der Waals surface area contributed by atoms with Crippen LogP contribution in [-0.2, 0) is 9.53 Å². The molecule has 6 nitrogen and oxygen atoms in total. The van der Waals surface area contributed by atoms with Gasteiger partial charge in [-0.15, -0.1) is 12.3 Å². The van der Waals surface area contributed by atoms with Gasteiger partial charge in [-0.2, -0.15) is 0 Å². The highest BCUT2D eigenvalue weighted by Gasteiger charge is 2.41. The van der Waals surface area contributed by atoms with Crippen molar-refractivity contribution in [2.45, 2.75) is 44.2 Å². The molecule has 3 N–H and O–H groups in total. The summed E-state index contributed by atoms with van der Waals surface area (Å²) in [6.45, 7) is 2.56. The number of hydrogen-bond acceptors (Lipinski definition) is 3. The summed E-state index contributed by atoms with van der Waals surface area (Å²) in [6.07, 6.45) is 6.86. The molecule has 0 aromatic heterocycles. The van der Waals surface area contributed by atoms with Crippen LogP contribution in [0, 0.1) is 12.3 Å². The van der Waals surface area contributed by atoms with Gasteiger partial charge in [-0.1, -0.05) is 6.92 Å². The van der Waals surface area contributed by atoms with E-state index < -0.39 is 17.5 Å². The molecule has 1 saturated heterocycles. The third-order valence-electron chi connectivity index (χ3n) is 3.30. The van der Waals surface area contributed by atoms with Gasteiger partial charge < -0.3 is 20.5 Å². The van der Waals surface area contributed by atoms with E-state index in [0.29, 0.717) is 26.1 Å². The van der Waals surface area contributed by atoms with Crippen molar-refractivity contribution >= 4 is 12.0 Å². The van der Waals surface area contributed by atoms with Crippen LogP contribution in [-0.4, -0.2) is 41.9 Å². The standard InChI is InChI=1S/C13H20N2O4/c1-3-5-10(4-2)14-12(18)15-13(11(16)17)6-8-19-9-7-13/h1,10H,4-9H2,2H3,(H,16,17)(H2,14,15,18). The molecule has 2 amide bonds. The smallest absolute Gasteiger partial charge is 0.329 e. The molecule has 0 aliphatic carbocycles. The fourth-order valence-electron chi connectivity index (χ4n) is 1.99. The van der Waals surface area contributed by atoms with Gasteiger partial charge >= 0.3 is 12.0 Å². The van der Waals surface area contributed by atoms with E-state index in [4.69, 9.17) is 11.2 Å². The molecule has 0 aromatic rings. The lowest BCUT2D eigenvalue weighted by molar-refractivity contribution is -0.148. The Labute approximate surface area is 112 Å². The van der Waals surface area contributed by atoms with Gasteiger partial charge in [0.05, 0.1) is 0 Å². The zero-order valence-electron chi connectivity index (χ0n) is 11.1. The Bertz CT molecular complexity index is 369. The number of ether oxygens (including phenoxy) is 1.